The minimum atomic E-state index is -0.114. The lowest BCUT2D eigenvalue weighted by molar-refractivity contribution is 0.0957. The van der Waals surface area contributed by atoms with Crippen LogP contribution in [0.15, 0.2) is 115 Å². The van der Waals surface area contributed by atoms with Crippen molar-refractivity contribution >= 4 is 22.8 Å². The Balaban J connectivity index is 1.66. The van der Waals surface area contributed by atoms with E-state index in [1.165, 1.54) is 0 Å². The maximum Gasteiger partial charge on any atom is 0.170 e. The number of anilines is 3. The average Bonchev–Trinajstić information content (AvgIpc) is 2.82. The number of para-hydroxylation sites is 2. The van der Waals surface area contributed by atoms with E-state index < -0.39 is 0 Å². The molecule has 4 aromatic rings. The molecule has 1 atom stereocenters. The van der Waals surface area contributed by atoms with Crippen LogP contribution in [0.4, 0.5) is 17.1 Å². The Kier molecular flexibility index (Phi) is 6.05. The minimum Gasteiger partial charge on any atom is -0.311 e. The van der Waals surface area contributed by atoms with Gasteiger partial charge in [-0.2, -0.15) is 0 Å². The number of ketones is 1. The summed E-state index contributed by atoms with van der Waals surface area (Å²) in [6, 6.07) is 38.5. The van der Waals surface area contributed by atoms with Gasteiger partial charge in [0.05, 0.1) is 0 Å². The number of hydrogen-bond donors (Lipinski definition) is 0. The van der Waals surface area contributed by atoms with E-state index >= 15 is 0 Å². The molecule has 0 amide bonds. The molecule has 0 N–H and O–H groups in total. The summed E-state index contributed by atoms with van der Waals surface area (Å²) >= 11 is 0. The maximum atomic E-state index is 13.2. The van der Waals surface area contributed by atoms with Gasteiger partial charge in [0.2, 0.25) is 0 Å². The molecule has 2 nitrogen and oxygen atoms in total. The molecule has 0 radical (unpaired) electrons. The SMILES string of the molecule is CCC(C(=O)c1ccc(N(c2ccccc2)c2ccccc2)cc1)c1ccccc1. The van der Waals surface area contributed by atoms with Crippen LogP contribution in [0.3, 0.4) is 0 Å². The van der Waals surface area contributed by atoms with Crippen molar-refractivity contribution in [2.75, 3.05) is 4.90 Å². The molecular weight excluding hydrogens is 366 g/mol. The molecule has 0 aliphatic rings. The first-order valence-corrected chi connectivity index (χ1v) is 10.4. The molecule has 4 aromatic carbocycles. The van der Waals surface area contributed by atoms with Crippen molar-refractivity contribution in [1.29, 1.82) is 0 Å². The van der Waals surface area contributed by atoms with Gasteiger partial charge >= 0.3 is 0 Å². The lowest BCUT2D eigenvalue weighted by atomic mass is 9.88. The van der Waals surface area contributed by atoms with E-state index in [1.807, 2.05) is 91.0 Å². The number of hydrogen-bond acceptors (Lipinski definition) is 2. The Hall–Kier alpha value is -3.65. The quantitative estimate of drug-likeness (QED) is 0.303. The van der Waals surface area contributed by atoms with Crippen molar-refractivity contribution in [2.45, 2.75) is 19.3 Å². The van der Waals surface area contributed by atoms with Crippen molar-refractivity contribution in [3.05, 3.63) is 126 Å². The first kappa shape index (κ1) is 19.7. The van der Waals surface area contributed by atoms with Gasteiger partial charge in [-0.05, 0) is 60.5 Å². The molecule has 30 heavy (non-hydrogen) atoms. The molecule has 2 heteroatoms. The Morgan fingerprint density at radius 1 is 0.633 bits per heavy atom. The van der Waals surface area contributed by atoms with Crippen LogP contribution >= 0.6 is 0 Å². The predicted octanol–water partition coefficient (Wildman–Crippen LogP) is 7.53. The fraction of sp³-hybridized carbons (Fsp3) is 0.107. The molecule has 0 heterocycles. The molecule has 1 unspecified atom stereocenters. The highest BCUT2D eigenvalue weighted by Gasteiger charge is 2.20. The molecule has 0 saturated carbocycles. The van der Waals surface area contributed by atoms with E-state index in [4.69, 9.17) is 0 Å². The Bertz CT molecular complexity index is 1030. The van der Waals surface area contributed by atoms with Crippen LogP contribution in [0.2, 0.25) is 0 Å². The molecule has 0 aromatic heterocycles. The largest absolute Gasteiger partial charge is 0.311 e. The van der Waals surface area contributed by atoms with Crippen LogP contribution in [0, 0.1) is 0 Å². The normalized spacial score (nSPS) is 11.6. The Morgan fingerprint density at radius 3 is 1.53 bits per heavy atom. The first-order chi connectivity index (χ1) is 14.8. The molecule has 0 saturated heterocycles. The van der Waals surface area contributed by atoms with E-state index in [0.29, 0.717) is 0 Å². The second-order valence-corrected chi connectivity index (χ2v) is 7.29. The zero-order chi connectivity index (χ0) is 20.8. The van der Waals surface area contributed by atoms with Gasteiger partial charge in [0, 0.05) is 28.5 Å². The molecule has 0 fully saturated rings. The summed E-state index contributed by atoms with van der Waals surface area (Å²) in [5.41, 5.74) is 5.01. The summed E-state index contributed by atoms with van der Waals surface area (Å²) in [5, 5.41) is 0. The van der Waals surface area contributed by atoms with Gasteiger partial charge in [-0.25, -0.2) is 0 Å². The summed E-state index contributed by atoms with van der Waals surface area (Å²) in [4.78, 5) is 15.4. The zero-order valence-electron chi connectivity index (χ0n) is 17.1. The van der Waals surface area contributed by atoms with Crippen molar-refractivity contribution < 1.29 is 4.79 Å². The topological polar surface area (TPSA) is 20.3 Å². The third kappa shape index (κ3) is 4.18. The highest BCUT2D eigenvalue weighted by molar-refractivity contribution is 6.01. The predicted molar refractivity (Wildman–Crippen MR) is 125 cm³/mol. The average molecular weight is 392 g/mol. The van der Waals surface area contributed by atoms with Gasteiger partial charge in [0.1, 0.15) is 0 Å². The smallest absolute Gasteiger partial charge is 0.170 e. The van der Waals surface area contributed by atoms with Crippen molar-refractivity contribution in [1.82, 2.24) is 0 Å². The summed E-state index contributed by atoms with van der Waals surface area (Å²) in [6.07, 6.45) is 0.782. The van der Waals surface area contributed by atoms with Crippen LogP contribution in [-0.4, -0.2) is 5.78 Å². The summed E-state index contributed by atoms with van der Waals surface area (Å²) in [5.74, 6) is 0.0534. The van der Waals surface area contributed by atoms with Gasteiger partial charge < -0.3 is 4.90 Å². The van der Waals surface area contributed by atoms with Gasteiger partial charge in [-0.1, -0.05) is 73.7 Å². The Labute approximate surface area is 178 Å². The van der Waals surface area contributed by atoms with Crippen molar-refractivity contribution in [2.24, 2.45) is 0 Å². The lowest BCUT2D eigenvalue weighted by Crippen LogP contribution is -2.13. The van der Waals surface area contributed by atoms with E-state index in [-0.39, 0.29) is 11.7 Å². The molecule has 0 bridgehead atoms. The maximum absolute atomic E-state index is 13.2. The van der Waals surface area contributed by atoms with Crippen LogP contribution in [-0.2, 0) is 0 Å². The minimum absolute atomic E-state index is 0.114. The van der Waals surface area contributed by atoms with Crippen LogP contribution in [0.5, 0.6) is 0 Å². The second kappa shape index (κ2) is 9.23. The van der Waals surface area contributed by atoms with Gasteiger partial charge in [0.15, 0.2) is 5.78 Å². The zero-order valence-corrected chi connectivity index (χ0v) is 17.1. The van der Waals surface area contributed by atoms with Crippen LogP contribution in [0.1, 0.15) is 35.2 Å². The fourth-order valence-corrected chi connectivity index (χ4v) is 3.84. The van der Waals surface area contributed by atoms with Crippen LogP contribution < -0.4 is 4.90 Å². The number of benzene rings is 4. The van der Waals surface area contributed by atoms with E-state index in [9.17, 15) is 4.79 Å². The fourth-order valence-electron chi connectivity index (χ4n) is 3.84. The summed E-state index contributed by atoms with van der Waals surface area (Å²) < 4.78 is 0. The number of carbonyl (C=O) groups is 1. The molecule has 0 spiro atoms. The molecule has 4 rings (SSSR count). The summed E-state index contributed by atoms with van der Waals surface area (Å²) in [7, 11) is 0. The van der Waals surface area contributed by atoms with Gasteiger partial charge in [-0.15, -0.1) is 0 Å². The van der Waals surface area contributed by atoms with E-state index in [2.05, 4.69) is 36.1 Å². The molecule has 0 aliphatic heterocycles. The van der Waals surface area contributed by atoms with E-state index in [0.717, 1.165) is 34.6 Å². The monoisotopic (exact) mass is 391 g/mol. The third-order valence-corrected chi connectivity index (χ3v) is 5.37. The highest BCUT2D eigenvalue weighted by atomic mass is 16.1. The third-order valence-electron chi connectivity index (χ3n) is 5.37. The molecule has 0 aliphatic carbocycles. The number of nitrogens with zero attached hydrogens (tertiary/aromatic N) is 1. The van der Waals surface area contributed by atoms with Crippen molar-refractivity contribution in [3.8, 4) is 0 Å². The van der Waals surface area contributed by atoms with Crippen molar-refractivity contribution in [3.63, 3.8) is 0 Å². The number of carbonyl (C=O) groups excluding carboxylic acids is 1. The molecule has 148 valence electrons. The number of Topliss-reactive ketones (excluding diaryl/α,β-unsaturated/α-hetero) is 1. The Morgan fingerprint density at radius 2 is 1.07 bits per heavy atom. The molecular formula is C28H25NO. The second-order valence-electron chi connectivity index (χ2n) is 7.29. The summed E-state index contributed by atoms with van der Waals surface area (Å²) in [6.45, 7) is 2.07. The first-order valence-electron chi connectivity index (χ1n) is 10.4. The van der Waals surface area contributed by atoms with E-state index in [1.54, 1.807) is 0 Å². The highest BCUT2D eigenvalue weighted by Crippen LogP contribution is 2.34. The number of rotatable bonds is 7. The van der Waals surface area contributed by atoms with Gasteiger partial charge in [-0.3, -0.25) is 4.79 Å². The van der Waals surface area contributed by atoms with Gasteiger partial charge in [0.25, 0.3) is 0 Å². The lowest BCUT2D eigenvalue weighted by Gasteiger charge is -2.25. The standard InChI is InChI=1S/C28H25NO/c1-2-27(22-12-6-3-7-13-22)28(30)23-18-20-26(21-19-23)29(24-14-8-4-9-15-24)25-16-10-5-11-17-25/h3-21,27H,2H2,1H3. The van der Waals surface area contributed by atoms with Crippen LogP contribution in [0.25, 0.3) is 0 Å².